The first-order chi connectivity index (χ1) is 10.2. The van der Waals surface area contributed by atoms with Gasteiger partial charge in [0.05, 0.1) is 6.61 Å². The van der Waals surface area contributed by atoms with Gasteiger partial charge >= 0.3 is 0 Å². The van der Waals surface area contributed by atoms with Crippen molar-refractivity contribution >= 4 is 29.0 Å². The number of benzene rings is 1. The van der Waals surface area contributed by atoms with Crippen LogP contribution in [0.1, 0.15) is 19.3 Å². The standard InChI is InChI=1S/C16H24N2O2S/c1-18(8-9-19)15-4-2-14(3-5-15)17-16(20)12-13-6-10-21-11-7-13/h2-5,13,19H,6-12H2,1H3,(H,17,20). The lowest BCUT2D eigenvalue weighted by atomic mass is 9.98. The molecular formula is C16H24N2O2S. The van der Waals surface area contributed by atoms with Crippen molar-refractivity contribution in [2.24, 2.45) is 5.92 Å². The number of aliphatic hydroxyl groups is 1. The fourth-order valence-corrected chi connectivity index (χ4v) is 3.71. The fraction of sp³-hybridized carbons (Fsp3) is 0.562. The van der Waals surface area contributed by atoms with Gasteiger partial charge in [-0.1, -0.05) is 0 Å². The van der Waals surface area contributed by atoms with E-state index in [0.29, 0.717) is 18.9 Å². The number of carbonyl (C=O) groups excluding carboxylic acids is 1. The minimum atomic E-state index is 0.114. The SMILES string of the molecule is CN(CCO)c1ccc(NC(=O)CC2CCSCC2)cc1. The number of thioether (sulfide) groups is 1. The summed E-state index contributed by atoms with van der Waals surface area (Å²) in [5, 5.41) is 11.9. The van der Waals surface area contributed by atoms with Crippen LogP contribution in [0.4, 0.5) is 11.4 Å². The first-order valence-electron chi connectivity index (χ1n) is 7.48. The smallest absolute Gasteiger partial charge is 0.224 e. The van der Waals surface area contributed by atoms with Crippen LogP contribution in [0, 0.1) is 5.92 Å². The highest BCUT2D eigenvalue weighted by Crippen LogP contribution is 2.25. The Bertz CT molecular complexity index is 444. The predicted octanol–water partition coefficient (Wildman–Crippen LogP) is 2.59. The lowest BCUT2D eigenvalue weighted by Crippen LogP contribution is -2.21. The zero-order chi connectivity index (χ0) is 15.1. The summed E-state index contributed by atoms with van der Waals surface area (Å²) < 4.78 is 0. The minimum absolute atomic E-state index is 0.114. The van der Waals surface area contributed by atoms with Gasteiger partial charge < -0.3 is 15.3 Å². The Kier molecular flexibility index (Phi) is 6.39. The molecule has 0 radical (unpaired) electrons. The molecule has 0 spiro atoms. The number of amides is 1. The van der Waals surface area contributed by atoms with E-state index in [1.54, 1.807) is 0 Å². The van der Waals surface area contributed by atoms with Crippen molar-refractivity contribution in [3.63, 3.8) is 0 Å². The number of nitrogens with zero attached hydrogens (tertiary/aromatic N) is 1. The van der Waals surface area contributed by atoms with Crippen LogP contribution >= 0.6 is 11.8 Å². The number of carbonyl (C=O) groups is 1. The highest BCUT2D eigenvalue weighted by molar-refractivity contribution is 7.99. The number of likely N-dealkylation sites (N-methyl/N-ethyl adjacent to an activating group) is 1. The van der Waals surface area contributed by atoms with Gasteiger partial charge in [0.25, 0.3) is 0 Å². The molecule has 2 rings (SSSR count). The third kappa shape index (κ3) is 5.25. The molecule has 0 atom stereocenters. The summed E-state index contributed by atoms with van der Waals surface area (Å²) in [6, 6.07) is 7.75. The summed E-state index contributed by atoms with van der Waals surface area (Å²) in [6.07, 6.45) is 2.94. The summed E-state index contributed by atoms with van der Waals surface area (Å²) in [5.41, 5.74) is 1.87. The molecular weight excluding hydrogens is 284 g/mol. The quantitative estimate of drug-likeness (QED) is 0.848. The summed E-state index contributed by atoms with van der Waals surface area (Å²) in [7, 11) is 1.94. The average Bonchev–Trinajstić information content (AvgIpc) is 2.49. The predicted molar refractivity (Wildman–Crippen MR) is 90.1 cm³/mol. The number of hydrogen-bond acceptors (Lipinski definition) is 4. The molecule has 116 valence electrons. The van der Waals surface area contributed by atoms with E-state index >= 15 is 0 Å². The largest absolute Gasteiger partial charge is 0.395 e. The van der Waals surface area contributed by atoms with Crippen molar-refractivity contribution < 1.29 is 9.90 Å². The molecule has 2 N–H and O–H groups in total. The number of nitrogens with one attached hydrogen (secondary N) is 1. The highest BCUT2D eigenvalue weighted by atomic mass is 32.2. The molecule has 1 saturated heterocycles. The maximum absolute atomic E-state index is 12.0. The number of rotatable bonds is 6. The zero-order valence-electron chi connectivity index (χ0n) is 12.5. The van der Waals surface area contributed by atoms with E-state index in [4.69, 9.17) is 5.11 Å². The molecule has 0 saturated carbocycles. The van der Waals surface area contributed by atoms with Gasteiger partial charge in [0.2, 0.25) is 5.91 Å². The van der Waals surface area contributed by atoms with Crippen molar-refractivity contribution in [3.05, 3.63) is 24.3 Å². The zero-order valence-corrected chi connectivity index (χ0v) is 13.4. The normalized spacial score (nSPS) is 15.7. The average molecular weight is 308 g/mol. The van der Waals surface area contributed by atoms with Crippen LogP contribution in [0.2, 0.25) is 0 Å². The lowest BCUT2D eigenvalue weighted by Gasteiger charge is -2.21. The second-order valence-corrected chi connectivity index (χ2v) is 6.72. The second-order valence-electron chi connectivity index (χ2n) is 5.50. The van der Waals surface area contributed by atoms with E-state index in [-0.39, 0.29) is 12.5 Å². The Hall–Kier alpha value is -1.20. The van der Waals surface area contributed by atoms with Crippen LogP contribution in [-0.2, 0) is 4.79 Å². The molecule has 21 heavy (non-hydrogen) atoms. The molecule has 0 aliphatic carbocycles. The summed E-state index contributed by atoms with van der Waals surface area (Å²) in [6.45, 7) is 0.736. The van der Waals surface area contributed by atoms with E-state index in [2.05, 4.69) is 5.32 Å². The van der Waals surface area contributed by atoms with Gasteiger partial charge in [-0.25, -0.2) is 0 Å². The van der Waals surface area contributed by atoms with Gasteiger partial charge in [0.15, 0.2) is 0 Å². The lowest BCUT2D eigenvalue weighted by molar-refractivity contribution is -0.117. The molecule has 1 aliphatic rings. The first kappa shape index (κ1) is 16.2. The summed E-state index contributed by atoms with van der Waals surface area (Å²) in [5.74, 6) is 3.03. The molecule has 1 aromatic rings. The van der Waals surface area contributed by atoms with Gasteiger partial charge in [0, 0.05) is 31.4 Å². The van der Waals surface area contributed by atoms with Crippen LogP contribution in [-0.4, -0.2) is 42.7 Å². The van der Waals surface area contributed by atoms with Gasteiger partial charge in [-0.3, -0.25) is 4.79 Å². The summed E-state index contributed by atoms with van der Waals surface area (Å²) >= 11 is 1.98. The van der Waals surface area contributed by atoms with Crippen LogP contribution in [0.5, 0.6) is 0 Å². The van der Waals surface area contributed by atoms with Gasteiger partial charge in [0.1, 0.15) is 0 Å². The topological polar surface area (TPSA) is 52.6 Å². The second kappa shape index (κ2) is 8.29. The van der Waals surface area contributed by atoms with Crippen molar-refractivity contribution in [3.8, 4) is 0 Å². The van der Waals surface area contributed by atoms with Gasteiger partial charge in [-0.2, -0.15) is 11.8 Å². The van der Waals surface area contributed by atoms with Crippen molar-refractivity contribution in [1.82, 2.24) is 0 Å². The molecule has 1 aromatic carbocycles. The molecule has 1 amide bonds. The van der Waals surface area contributed by atoms with E-state index in [0.717, 1.165) is 24.2 Å². The van der Waals surface area contributed by atoms with Crippen LogP contribution in [0.25, 0.3) is 0 Å². The summed E-state index contributed by atoms with van der Waals surface area (Å²) in [4.78, 5) is 14.0. The number of aliphatic hydroxyl groups excluding tert-OH is 1. The number of hydrogen-bond donors (Lipinski definition) is 2. The van der Waals surface area contributed by atoms with Crippen molar-refractivity contribution in [1.29, 1.82) is 0 Å². The Balaban J connectivity index is 1.83. The maximum atomic E-state index is 12.0. The van der Waals surface area contributed by atoms with E-state index < -0.39 is 0 Å². The molecule has 1 fully saturated rings. The molecule has 0 bridgehead atoms. The van der Waals surface area contributed by atoms with Crippen LogP contribution in [0.15, 0.2) is 24.3 Å². The molecule has 1 aliphatic heterocycles. The van der Waals surface area contributed by atoms with E-state index in [9.17, 15) is 4.79 Å². The van der Waals surface area contributed by atoms with Crippen molar-refractivity contribution in [2.75, 3.05) is 41.9 Å². The highest BCUT2D eigenvalue weighted by Gasteiger charge is 2.17. The third-order valence-corrected chi connectivity index (χ3v) is 4.89. The maximum Gasteiger partial charge on any atom is 0.224 e. The fourth-order valence-electron chi connectivity index (χ4n) is 2.50. The van der Waals surface area contributed by atoms with Crippen LogP contribution in [0.3, 0.4) is 0 Å². The Morgan fingerprint density at radius 1 is 1.33 bits per heavy atom. The van der Waals surface area contributed by atoms with E-state index in [1.165, 1.54) is 11.5 Å². The molecule has 0 aromatic heterocycles. The van der Waals surface area contributed by atoms with Crippen molar-refractivity contribution in [2.45, 2.75) is 19.3 Å². The van der Waals surface area contributed by atoms with Crippen LogP contribution < -0.4 is 10.2 Å². The molecule has 0 unspecified atom stereocenters. The molecule has 4 nitrogen and oxygen atoms in total. The van der Waals surface area contributed by atoms with E-state index in [1.807, 2.05) is 48.0 Å². The first-order valence-corrected chi connectivity index (χ1v) is 8.64. The molecule has 5 heteroatoms. The Morgan fingerprint density at radius 2 is 2.00 bits per heavy atom. The Labute approximate surface area is 130 Å². The Morgan fingerprint density at radius 3 is 2.62 bits per heavy atom. The number of anilines is 2. The minimum Gasteiger partial charge on any atom is -0.395 e. The monoisotopic (exact) mass is 308 g/mol. The molecule has 1 heterocycles. The van der Waals surface area contributed by atoms with Gasteiger partial charge in [-0.15, -0.1) is 0 Å². The third-order valence-electron chi connectivity index (χ3n) is 3.84. The van der Waals surface area contributed by atoms with Gasteiger partial charge in [-0.05, 0) is 54.5 Å².